The maximum atomic E-state index is 13.5. The fourth-order valence-corrected chi connectivity index (χ4v) is 9.92. The Balaban J connectivity index is 5.20. The summed E-state index contributed by atoms with van der Waals surface area (Å²) in [7, 11) is 1.17. The number of carbonyl (C=O) groups excluding carboxylic acids is 2. The van der Waals surface area contributed by atoms with E-state index in [1.54, 1.807) is 0 Å². The van der Waals surface area contributed by atoms with Crippen molar-refractivity contribution in [1.82, 2.24) is 5.32 Å². The van der Waals surface area contributed by atoms with E-state index in [1.165, 1.54) is 161 Å². The molecule has 1 N–H and O–H groups in total. The molecule has 3 unspecified atom stereocenters. The van der Waals surface area contributed by atoms with Gasteiger partial charge in [-0.3, -0.25) is 14.2 Å². The second-order valence-corrected chi connectivity index (χ2v) is 24.3. The number of hydrogen-bond donors (Lipinski definition) is 1. The molecule has 0 aromatic rings. The molecule has 3 atom stereocenters. The number of carbonyl (C=O) groups is 2. The summed E-state index contributed by atoms with van der Waals surface area (Å²) in [6.07, 6.45) is 73.1. The highest BCUT2D eigenvalue weighted by Gasteiger charge is 2.27. The molecule has 10 heteroatoms. The Hall–Kier alpha value is -2.55. The van der Waals surface area contributed by atoms with Crippen LogP contribution in [0.25, 0.3) is 0 Å². The monoisotopic (exact) mass is 1100 g/mol. The fraction of sp³-hybridized carbons (Fsp3) is 0.791. The van der Waals surface area contributed by atoms with E-state index in [0.29, 0.717) is 23.9 Å². The van der Waals surface area contributed by atoms with Gasteiger partial charge in [-0.15, -0.1) is 0 Å². The second-order valence-electron chi connectivity index (χ2n) is 22.9. The van der Waals surface area contributed by atoms with Crippen molar-refractivity contribution in [2.24, 2.45) is 0 Å². The molecule has 0 saturated carbocycles. The molecular formula is C67H123N2O7P. The first-order valence-electron chi connectivity index (χ1n) is 32.2. The molecule has 9 nitrogen and oxygen atoms in total. The number of phosphoric ester groups is 1. The molecule has 0 fully saturated rings. The van der Waals surface area contributed by atoms with Gasteiger partial charge in [0.1, 0.15) is 19.3 Å². The first kappa shape index (κ1) is 74.5. The van der Waals surface area contributed by atoms with E-state index in [2.05, 4.69) is 86.8 Å². The molecule has 1 amide bonds. The van der Waals surface area contributed by atoms with Gasteiger partial charge in [-0.1, -0.05) is 274 Å². The summed E-state index contributed by atoms with van der Waals surface area (Å²) in [5.74, 6) is -0.572. The molecule has 0 aromatic carbocycles. The Morgan fingerprint density at radius 1 is 0.468 bits per heavy atom. The number of amides is 1. The van der Waals surface area contributed by atoms with Crippen molar-refractivity contribution in [2.75, 3.05) is 40.9 Å². The Labute approximate surface area is 476 Å². The van der Waals surface area contributed by atoms with E-state index in [0.717, 1.165) is 89.9 Å². The number of allylic oxidation sites excluding steroid dienone is 11. The van der Waals surface area contributed by atoms with E-state index in [-0.39, 0.29) is 24.9 Å². The van der Waals surface area contributed by atoms with Crippen molar-refractivity contribution in [2.45, 2.75) is 303 Å². The summed E-state index contributed by atoms with van der Waals surface area (Å²) >= 11 is 0. The Kier molecular flexibility index (Phi) is 54.8. The van der Waals surface area contributed by atoms with Crippen molar-refractivity contribution >= 4 is 19.7 Å². The van der Waals surface area contributed by atoms with Gasteiger partial charge in [0.25, 0.3) is 7.82 Å². The zero-order valence-corrected chi connectivity index (χ0v) is 52.0. The minimum atomic E-state index is -4.71. The number of unbranched alkanes of at least 4 members (excludes halogenated alkanes) is 32. The Morgan fingerprint density at radius 3 is 1.26 bits per heavy atom. The molecule has 0 aliphatic carbocycles. The number of esters is 1. The molecule has 448 valence electrons. The van der Waals surface area contributed by atoms with Gasteiger partial charge in [-0.25, -0.2) is 0 Å². The lowest BCUT2D eigenvalue weighted by atomic mass is 10.0. The van der Waals surface area contributed by atoms with E-state index in [4.69, 9.17) is 13.8 Å². The van der Waals surface area contributed by atoms with Crippen LogP contribution in [0.1, 0.15) is 290 Å². The van der Waals surface area contributed by atoms with Crippen molar-refractivity contribution in [3.63, 3.8) is 0 Å². The Morgan fingerprint density at radius 2 is 0.831 bits per heavy atom. The molecule has 0 radical (unpaired) electrons. The number of rotatable bonds is 58. The average Bonchev–Trinajstić information content (AvgIpc) is 3.39. The van der Waals surface area contributed by atoms with Crippen LogP contribution in [0.3, 0.4) is 0 Å². The van der Waals surface area contributed by atoms with Crippen molar-refractivity contribution < 1.29 is 37.3 Å². The topological polar surface area (TPSA) is 114 Å². The minimum Gasteiger partial charge on any atom is -0.756 e. The second kappa shape index (κ2) is 56.7. The highest BCUT2D eigenvalue weighted by Crippen LogP contribution is 2.38. The van der Waals surface area contributed by atoms with Gasteiger partial charge in [0, 0.05) is 12.8 Å². The van der Waals surface area contributed by atoms with E-state index in [1.807, 2.05) is 33.3 Å². The molecule has 0 aliphatic rings. The molecule has 0 rings (SSSR count). The number of ether oxygens (including phenoxy) is 1. The zero-order chi connectivity index (χ0) is 56.4. The summed E-state index contributed by atoms with van der Waals surface area (Å²) in [6, 6.07) is -0.902. The third-order valence-electron chi connectivity index (χ3n) is 14.2. The quantitative estimate of drug-likeness (QED) is 0.0212. The van der Waals surface area contributed by atoms with Gasteiger partial charge < -0.3 is 28.5 Å². The molecule has 0 aliphatic heterocycles. The van der Waals surface area contributed by atoms with Crippen LogP contribution < -0.4 is 10.2 Å². The molecule has 0 heterocycles. The van der Waals surface area contributed by atoms with Crippen LogP contribution in [0.2, 0.25) is 0 Å². The predicted octanol–water partition coefficient (Wildman–Crippen LogP) is 19.4. The number of likely N-dealkylation sites (N-methyl/N-ethyl adjacent to an activating group) is 1. The van der Waals surface area contributed by atoms with Crippen molar-refractivity contribution in [3.8, 4) is 0 Å². The smallest absolute Gasteiger partial charge is 0.306 e. The highest BCUT2D eigenvalue weighted by molar-refractivity contribution is 7.45. The lowest BCUT2D eigenvalue weighted by Crippen LogP contribution is -2.47. The number of hydrogen-bond acceptors (Lipinski definition) is 7. The van der Waals surface area contributed by atoms with Gasteiger partial charge in [-0.2, -0.15) is 0 Å². The van der Waals surface area contributed by atoms with Gasteiger partial charge >= 0.3 is 5.97 Å². The summed E-state index contributed by atoms with van der Waals surface area (Å²) in [5, 5.41) is 3.03. The highest BCUT2D eigenvalue weighted by atomic mass is 31.2. The lowest BCUT2D eigenvalue weighted by molar-refractivity contribution is -0.870. The minimum absolute atomic E-state index is 0.0289. The summed E-state index contributed by atoms with van der Waals surface area (Å²) in [4.78, 5) is 40.0. The largest absolute Gasteiger partial charge is 0.756 e. The van der Waals surface area contributed by atoms with Gasteiger partial charge in [0.05, 0.1) is 33.8 Å². The lowest BCUT2D eigenvalue weighted by Gasteiger charge is -2.30. The molecule has 0 aromatic heterocycles. The molecule has 77 heavy (non-hydrogen) atoms. The number of nitrogens with one attached hydrogen (secondary N) is 1. The van der Waals surface area contributed by atoms with E-state index < -0.39 is 26.6 Å². The van der Waals surface area contributed by atoms with Crippen LogP contribution in [-0.2, 0) is 27.9 Å². The number of quaternary nitrogens is 1. The van der Waals surface area contributed by atoms with Crippen molar-refractivity contribution in [1.29, 1.82) is 0 Å². The fourth-order valence-electron chi connectivity index (χ4n) is 9.20. The maximum Gasteiger partial charge on any atom is 0.306 e. The molecule has 0 spiro atoms. The Bertz CT molecular complexity index is 1550. The third kappa shape index (κ3) is 57.9. The van der Waals surface area contributed by atoms with Gasteiger partial charge in [0.15, 0.2) is 0 Å². The van der Waals surface area contributed by atoms with Crippen LogP contribution >= 0.6 is 7.82 Å². The normalized spacial score (nSPS) is 14.1. The number of nitrogens with zero attached hydrogens (tertiary/aromatic N) is 1. The van der Waals surface area contributed by atoms with Crippen LogP contribution in [0.15, 0.2) is 72.9 Å². The SMILES string of the molecule is CC/C=C\C/C=C\C/C=C\C/C=C\C/C=C\CCCCCC(=O)OC(/C=C/CCCCCCCCCCC)C(COP(=O)([O-])OCC[N+](C)(C)C)NC(=O)CCCCCCCCCCCCCCCCCCCCCCC. The maximum absolute atomic E-state index is 13.5. The molecule has 0 bridgehead atoms. The predicted molar refractivity (Wildman–Crippen MR) is 330 cm³/mol. The summed E-state index contributed by atoms with van der Waals surface area (Å²) < 4.78 is 30.3. The zero-order valence-electron chi connectivity index (χ0n) is 51.2. The van der Waals surface area contributed by atoms with Gasteiger partial charge in [-0.05, 0) is 76.7 Å². The standard InChI is InChI=1S/C67H123N2O7P/c1-7-10-13-16-19-22-25-27-29-31-33-34-36-37-39-41-44-47-50-53-56-59-66(70)68-64(63-75-77(72,73)74-62-61-69(4,5)6)65(58-55-52-49-46-43-24-21-18-15-12-9-3)76-67(71)60-57-54-51-48-45-42-40-38-35-32-30-28-26-23-20-17-14-11-8-2/h11,14,20,23,28,30,35,38,42,45,55,58,64-65H,7-10,12-13,15-19,21-22,24-27,29,31-34,36-37,39-41,43-44,46-54,56-57,59-63H2,1-6H3,(H-,68,70,72,73)/b14-11-,23-20-,30-28-,38-35-,45-42-,58-55+. The van der Waals surface area contributed by atoms with Crippen LogP contribution in [0.5, 0.6) is 0 Å². The van der Waals surface area contributed by atoms with Crippen LogP contribution in [0, 0.1) is 0 Å². The van der Waals surface area contributed by atoms with Crippen molar-refractivity contribution in [3.05, 3.63) is 72.9 Å². The molecular weight excluding hydrogens is 976 g/mol. The summed E-state index contributed by atoms with van der Waals surface area (Å²) in [5.41, 5.74) is 0. The van der Waals surface area contributed by atoms with Crippen LogP contribution in [-0.4, -0.2) is 69.4 Å². The first-order chi connectivity index (χ1) is 37.4. The first-order valence-corrected chi connectivity index (χ1v) is 33.7. The van der Waals surface area contributed by atoms with Crippen LogP contribution in [0.4, 0.5) is 0 Å². The number of phosphoric acid groups is 1. The van der Waals surface area contributed by atoms with E-state index >= 15 is 0 Å². The summed E-state index contributed by atoms with van der Waals surface area (Å²) in [6.45, 7) is 6.72. The third-order valence-corrected chi connectivity index (χ3v) is 15.1. The average molecular weight is 1100 g/mol. The van der Waals surface area contributed by atoms with Gasteiger partial charge in [0.2, 0.25) is 5.91 Å². The van der Waals surface area contributed by atoms with E-state index in [9.17, 15) is 19.0 Å². The molecule has 0 saturated heterocycles.